The van der Waals surface area contributed by atoms with Gasteiger partial charge in [0.2, 0.25) is 0 Å². The zero-order chi connectivity index (χ0) is 17.5. The Kier molecular flexibility index (Phi) is 6.46. The number of ether oxygens (including phenoxy) is 2. The molecule has 3 N–H and O–H groups in total. The summed E-state index contributed by atoms with van der Waals surface area (Å²) in [5, 5.41) is 5.50. The normalized spacial score (nSPS) is 11.7. The van der Waals surface area contributed by atoms with Gasteiger partial charge in [0.1, 0.15) is 6.04 Å². The van der Waals surface area contributed by atoms with Crippen molar-refractivity contribution >= 4 is 23.2 Å². The van der Waals surface area contributed by atoms with Crippen LogP contribution in [-0.2, 0) is 4.79 Å². The smallest absolute Gasteiger partial charge is 0.279 e. The summed E-state index contributed by atoms with van der Waals surface area (Å²) in [5.74, 6) is 1.10. The maximum absolute atomic E-state index is 12.1. The van der Waals surface area contributed by atoms with Crippen molar-refractivity contribution in [2.45, 2.75) is 13.0 Å². The zero-order valence-electron chi connectivity index (χ0n) is 14.0. The monoisotopic (exact) mass is 349 g/mol. The third-order valence-corrected chi connectivity index (χ3v) is 4.06. The number of hydrogen-bond donors (Lipinski definition) is 2. The Bertz CT molecular complexity index is 706. The van der Waals surface area contributed by atoms with Gasteiger partial charge in [-0.05, 0) is 25.1 Å². The molecule has 1 atom stereocenters. The molecule has 128 valence electrons. The van der Waals surface area contributed by atoms with E-state index in [1.54, 1.807) is 32.4 Å². The second-order valence-electron chi connectivity index (χ2n) is 5.37. The van der Waals surface area contributed by atoms with Crippen molar-refractivity contribution in [3.05, 3.63) is 53.1 Å². The molecule has 0 saturated carbocycles. The molecule has 0 aliphatic heterocycles. The summed E-state index contributed by atoms with van der Waals surface area (Å²) in [6.45, 7) is 2.31. The molecule has 2 aromatic rings. The summed E-state index contributed by atoms with van der Waals surface area (Å²) >= 11 is 6.18. The van der Waals surface area contributed by atoms with Crippen LogP contribution in [0.1, 0.15) is 18.5 Å². The van der Waals surface area contributed by atoms with E-state index in [2.05, 4.69) is 5.32 Å². The first-order chi connectivity index (χ1) is 11.5. The van der Waals surface area contributed by atoms with Crippen molar-refractivity contribution in [3.8, 4) is 11.5 Å². The van der Waals surface area contributed by atoms with Gasteiger partial charge in [0.15, 0.2) is 18.0 Å². The van der Waals surface area contributed by atoms with E-state index in [1.165, 1.54) is 0 Å². The lowest BCUT2D eigenvalue weighted by Gasteiger charge is -2.13. The van der Waals surface area contributed by atoms with Gasteiger partial charge in [0.05, 0.1) is 14.2 Å². The number of halogens is 1. The number of benzene rings is 2. The highest BCUT2D eigenvalue weighted by Crippen LogP contribution is 2.29. The van der Waals surface area contributed by atoms with Crippen LogP contribution in [0.4, 0.5) is 5.69 Å². The van der Waals surface area contributed by atoms with Crippen LogP contribution in [0.3, 0.4) is 0 Å². The average Bonchev–Trinajstić information content (AvgIpc) is 2.60. The van der Waals surface area contributed by atoms with Gasteiger partial charge in [0.25, 0.3) is 5.91 Å². The van der Waals surface area contributed by atoms with Gasteiger partial charge in [-0.1, -0.05) is 29.8 Å². The maximum Gasteiger partial charge on any atom is 0.279 e. The molecule has 2 aromatic carbocycles. The van der Waals surface area contributed by atoms with Crippen LogP contribution in [0.5, 0.6) is 11.5 Å². The van der Waals surface area contributed by atoms with Crippen molar-refractivity contribution in [2.75, 3.05) is 26.1 Å². The Morgan fingerprint density at radius 2 is 1.88 bits per heavy atom. The molecule has 1 amide bonds. The van der Waals surface area contributed by atoms with E-state index < -0.39 is 0 Å². The highest BCUT2D eigenvalue weighted by molar-refractivity contribution is 6.31. The molecule has 0 bridgehead atoms. The van der Waals surface area contributed by atoms with Crippen molar-refractivity contribution in [1.29, 1.82) is 0 Å². The van der Waals surface area contributed by atoms with Crippen molar-refractivity contribution < 1.29 is 19.6 Å². The molecular formula is C18H22ClN2O3+. The minimum Gasteiger partial charge on any atom is -0.493 e. The highest BCUT2D eigenvalue weighted by Gasteiger charge is 2.14. The number of methoxy groups -OCH3 is 2. The molecule has 0 aliphatic rings. The zero-order valence-corrected chi connectivity index (χ0v) is 14.8. The molecule has 0 saturated heterocycles. The van der Waals surface area contributed by atoms with E-state index in [-0.39, 0.29) is 11.9 Å². The molecule has 0 aliphatic carbocycles. The number of amides is 1. The Balaban J connectivity index is 1.93. The lowest BCUT2D eigenvalue weighted by Crippen LogP contribution is -2.86. The summed E-state index contributed by atoms with van der Waals surface area (Å²) in [7, 11) is 3.13. The Hall–Kier alpha value is -2.24. The highest BCUT2D eigenvalue weighted by atomic mass is 35.5. The summed E-state index contributed by atoms with van der Waals surface area (Å²) in [6.07, 6.45) is 0. The number of hydrogen-bond acceptors (Lipinski definition) is 3. The summed E-state index contributed by atoms with van der Waals surface area (Å²) in [4.78, 5) is 12.1. The first kappa shape index (κ1) is 18.1. The van der Waals surface area contributed by atoms with E-state index >= 15 is 0 Å². The van der Waals surface area contributed by atoms with Gasteiger partial charge in [-0.3, -0.25) is 4.79 Å². The average molecular weight is 350 g/mol. The quantitative estimate of drug-likeness (QED) is 0.807. The van der Waals surface area contributed by atoms with Gasteiger partial charge < -0.3 is 20.1 Å². The Morgan fingerprint density at radius 1 is 1.17 bits per heavy atom. The predicted molar refractivity (Wildman–Crippen MR) is 94.8 cm³/mol. The molecule has 24 heavy (non-hydrogen) atoms. The Labute approximate surface area is 146 Å². The molecule has 0 unspecified atom stereocenters. The summed E-state index contributed by atoms with van der Waals surface area (Å²) < 4.78 is 10.4. The third-order valence-electron chi connectivity index (χ3n) is 3.72. The first-order valence-electron chi connectivity index (χ1n) is 7.64. The van der Waals surface area contributed by atoms with Crippen LogP contribution < -0.4 is 20.1 Å². The number of carbonyl (C=O) groups is 1. The minimum atomic E-state index is -0.0962. The van der Waals surface area contributed by atoms with Gasteiger partial charge >= 0.3 is 0 Å². The fourth-order valence-corrected chi connectivity index (χ4v) is 2.69. The van der Waals surface area contributed by atoms with Crippen LogP contribution in [0.15, 0.2) is 42.5 Å². The number of anilines is 1. The number of carbonyl (C=O) groups excluding carboxylic acids is 1. The number of nitrogens with one attached hydrogen (secondary N) is 1. The van der Waals surface area contributed by atoms with Gasteiger partial charge in [0, 0.05) is 22.3 Å². The fraction of sp³-hybridized carbons (Fsp3) is 0.278. The molecular weight excluding hydrogens is 328 g/mol. The van der Waals surface area contributed by atoms with Crippen LogP contribution in [0, 0.1) is 0 Å². The lowest BCUT2D eigenvalue weighted by molar-refractivity contribution is -0.682. The topological polar surface area (TPSA) is 64.2 Å². The molecule has 0 spiro atoms. The van der Waals surface area contributed by atoms with E-state index in [4.69, 9.17) is 21.1 Å². The van der Waals surface area contributed by atoms with Gasteiger partial charge in [-0.2, -0.15) is 0 Å². The fourth-order valence-electron chi connectivity index (χ4n) is 2.38. The molecule has 0 heterocycles. The molecule has 0 aromatic heterocycles. The molecule has 5 nitrogen and oxygen atoms in total. The van der Waals surface area contributed by atoms with E-state index in [1.807, 2.05) is 36.5 Å². The number of rotatable bonds is 7. The molecule has 2 rings (SSSR count). The standard InChI is InChI=1S/C18H21ClN2O3/c1-12(14-6-4-5-7-15(14)19)20-11-18(22)21-13-8-9-16(23-2)17(10-13)24-3/h4-10,12,20H,11H2,1-3H3,(H,21,22)/p+1/t12-/m0/s1. The van der Waals surface area contributed by atoms with Crippen LogP contribution in [0.25, 0.3) is 0 Å². The predicted octanol–water partition coefficient (Wildman–Crippen LogP) is 2.62. The van der Waals surface area contributed by atoms with E-state index in [9.17, 15) is 4.79 Å². The maximum atomic E-state index is 12.1. The summed E-state index contributed by atoms with van der Waals surface area (Å²) in [5.41, 5.74) is 1.68. The third kappa shape index (κ3) is 4.63. The molecule has 0 fully saturated rings. The number of nitrogens with two attached hydrogens (primary N) is 1. The molecule has 6 heteroatoms. The molecule has 0 radical (unpaired) electrons. The van der Waals surface area contributed by atoms with E-state index in [0.29, 0.717) is 28.8 Å². The second kappa shape index (κ2) is 8.57. The SMILES string of the molecule is COc1ccc(NC(=O)C[NH2+][C@@H](C)c2ccccc2Cl)cc1OC. The van der Waals surface area contributed by atoms with Crippen molar-refractivity contribution in [3.63, 3.8) is 0 Å². The first-order valence-corrected chi connectivity index (χ1v) is 8.02. The lowest BCUT2D eigenvalue weighted by atomic mass is 10.1. The van der Waals surface area contributed by atoms with Crippen molar-refractivity contribution in [2.24, 2.45) is 0 Å². The minimum absolute atomic E-state index is 0.0925. The second-order valence-corrected chi connectivity index (χ2v) is 5.78. The van der Waals surface area contributed by atoms with E-state index in [0.717, 1.165) is 5.56 Å². The van der Waals surface area contributed by atoms with Crippen LogP contribution >= 0.6 is 11.6 Å². The van der Waals surface area contributed by atoms with Crippen molar-refractivity contribution in [1.82, 2.24) is 0 Å². The number of quaternary nitrogens is 1. The van der Waals surface area contributed by atoms with Gasteiger partial charge in [-0.15, -0.1) is 0 Å². The van der Waals surface area contributed by atoms with Gasteiger partial charge in [-0.25, -0.2) is 0 Å². The largest absolute Gasteiger partial charge is 0.493 e. The Morgan fingerprint density at radius 3 is 2.54 bits per heavy atom. The van der Waals surface area contributed by atoms with Crippen LogP contribution in [-0.4, -0.2) is 26.7 Å². The van der Waals surface area contributed by atoms with Crippen LogP contribution in [0.2, 0.25) is 5.02 Å². The summed E-state index contributed by atoms with van der Waals surface area (Å²) in [6, 6.07) is 13.0.